The van der Waals surface area contributed by atoms with E-state index in [1.807, 2.05) is 60.7 Å². The van der Waals surface area contributed by atoms with E-state index in [2.05, 4.69) is 4.98 Å². The molecule has 0 aliphatic heterocycles. The fourth-order valence-corrected chi connectivity index (χ4v) is 2.95. The fraction of sp³-hybridized carbons (Fsp3) is 0.174. The number of pyridine rings is 1. The lowest BCUT2D eigenvalue weighted by molar-refractivity contribution is 0.0778. The summed E-state index contributed by atoms with van der Waals surface area (Å²) in [5.41, 5.74) is 2.79. The molecule has 5 heteroatoms. The number of carbonyl (C=O) groups excluding carboxylic acids is 2. The summed E-state index contributed by atoms with van der Waals surface area (Å²) in [4.78, 5) is 32.9. The normalized spacial score (nSPS) is 10.4. The molecule has 28 heavy (non-hydrogen) atoms. The van der Waals surface area contributed by atoms with Gasteiger partial charge >= 0.3 is 0 Å². The molecule has 3 rings (SSSR count). The lowest BCUT2D eigenvalue weighted by Crippen LogP contribution is -2.29. The second-order valence-corrected chi connectivity index (χ2v) is 6.72. The number of rotatable bonds is 6. The van der Waals surface area contributed by atoms with Gasteiger partial charge in [-0.25, -0.2) is 0 Å². The molecule has 142 valence electrons. The molecule has 0 N–H and O–H groups in total. The van der Waals surface area contributed by atoms with Crippen LogP contribution in [0.3, 0.4) is 0 Å². The van der Waals surface area contributed by atoms with Crippen molar-refractivity contribution < 1.29 is 9.59 Å². The Morgan fingerprint density at radius 1 is 0.750 bits per heavy atom. The predicted molar refractivity (Wildman–Crippen MR) is 109 cm³/mol. The van der Waals surface area contributed by atoms with Gasteiger partial charge in [0, 0.05) is 38.9 Å². The molecule has 2 aromatic carbocycles. The van der Waals surface area contributed by atoms with Crippen molar-refractivity contribution >= 4 is 11.8 Å². The van der Waals surface area contributed by atoms with Crippen LogP contribution >= 0.6 is 0 Å². The monoisotopic (exact) mass is 373 g/mol. The highest BCUT2D eigenvalue weighted by molar-refractivity contribution is 5.98. The Morgan fingerprint density at radius 2 is 1.25 bits per heavy atom. The van der Waals surface area contributed by atoms with E-state index < -0.39 is 0 Å². The van der Waals surface area contributed by atoms with Crippen molar-refractivity contribution in [3.63, 3.8) is 0 Å². The summed E-state index contributed by atoms with van der Waals surface area (Å²) in [5, 5.41) is 0. The second kappa shape index (κ2) is 8.95. The van der Waals surface area contributed by atoms with Crippen LogP contribution in [0.2, 0.25) is 0 Å². The van der Waals surface area contributed by atoms with Crippen LogP contribution in [0.15, 0.2) is 79.0 Å². The summed E-state index contributed by atoms with van der Waals surface area (Å²) in [5.74, 6) is -0.366. The van der Waals surface area contributed by atoms with Crippen molar-refractivity contribution in [2.45, 2.75) is 13.1 Å². The number of aromatic nitrogens is 1. The van der Waals surface area contributed by atoms with Gasteiger partial charge in [-0.2, -0.15) is 0 Å². The molecular formula is C23H23N3O2. The van der Waals surface area contributed by atoms with Crippen molar-refractivity contribution in [2.24, 2.45) is 0 Å². The zero-order chi connectivity index (χ0) is 19.9. The molecule has 0 fully saturated rings. The van der Waals surface area contributed by atoms with Crippen LogP contribution in [0.1, 0.15) is 32.0 Å². The highest BCUT2D eigenvalue weighted by atomic mass is 16.2. The molecule has 2 amide bonds. The molecular weight excluding hydrogens is 350 g/mol. The SMILES string of the molecule is CN(Cc1ccccc1)C(=O)c1ccnc(C(=O)N(C)Cc2ccccc2)c1. The Labute approximate surface area is 165 Å². The number of hydrogen-bond acceptors (Lipinski definition) is 3. The Kier molecular flexibility index (Phi) is 6.17. The molecule has 0 atom stereocenters. The van der Waals surface area contributed by atoms with Crippen LogP contribution < -0.4 is 0 Å². The zero-order valence-corrected chi connectivity index (χ0v) is 16.1. The molecule has 1 heterocycles. The van der Waals surface area contributed by atoms with Crippen LogP contribution in [0.25, 0.3) is 0 Å². The summed E-state index contributed by atoms with van der Waals surface area (Å²) in [6.45, 7) is 0.979. The van der Waals surface area contributed by atoms with Crippen molar-refractivity contribution in [2.75, 3.05) is 14.1 Å². The summed E-state index contributed by atoms with van der Waals surface area (Å²) in [6, 6.07) is 22.7. The molecule has 0 saturated carbocycles. The molecule has 1 aromatic heterocycles. The molecule has 0 unspecified atom stereocenters. The number of carbonyl (C=O) groups is 2. The quantitative estimate of drug-likeness (QED) is 0.663. The first kappa shape index (κ1) is 19.3. The van der Waals surface area contributed by atoms with E-state index in [4.69, 9.17) is 0 Å². The zero-order valence-electron chi connectivity index (χ0n) is 16.1. The standard InChI is InChI=1S/C23H23N3O2/c1-25(16-18-9-5-3-6-10-18)22(27)20-13-14-24-21(15-20)23(28)26(2)17-19-11-7-4-8-12-19/h3-15H,16-17H2,1-2H3. The van der Waals surface area contributed by atoms with E-state index in [0.29, 0.717) is 18.7 Å². The summed E-state index contributed by atoms with van der Waals surface area (Å²) < 4.78 is 0. The molecule has 0 radical (unpaired) electrons. The lowest BCUT2D eigenvalue weighted by Gasteiger charge is -2.19. The van der Waals surface area contributed by atoms with Gasteiger partial charge in [-0.05, 0) is 23.3 Å². The molecule has 0 aliphatic rings. The van der Waals surface area contributed by atoms with Gasteiger partial charge in [0.15, 0.2) is 0 Å². The van der Waals surface area contributed by atoms with E-state index in [-0.39, 0.29) is 17.5 Å². The molecule has 0 spiro atoms. The van der Waals surface area contributed by atoms with E-state index in [9.17, 15) is 9.59 Å². The van der Waals surface area contributed by atoms with Crippen LogP contribution in [0.4, 0.5) is 0 Å². The maximum atomic E-state index is 12.8. The van der Waals surface area contributed by atoms with Crippen molar-refractivity contribution in [1.29, 1.82) is 0 Å². The minimum absolute atomic E-state index is 0.147. The van der Waals surface area contributed by atoms with Crippen molar-refractivity contribution in [3.05, 3.63) is 101 Å². The summed E-state index contributed by atoms with van der Waals surface area (Å²) in [7, 11) is 3.48. The Morgan fingerprint density at radius 3 is 1.79 bits per heavy atom. The van der Waals surface area contributed by atoms with E-state index >= 15 is 0 Å². The average Bonchev–Trinajstić information content (AvgIpc) is 2.74. The van der Waals surface area contributed by atoms with Gasteiger partial charge in [-0.3, -0.25) is 14.6 Å². The number of amides is 2. The van der Waals surface area contributed by atoms with Gasteiger partial charge in [0.25, 0.3) is 11.8 Å². The maximum Gasteiger partial charge on any atom is 0.272 e. The Hall–Kier alpha value is -3.47. The summed E-state index contributed by atoms with van der Waals surface area (Å²) in [6.07, 6.45) is 1.51. The third-order valence-corrected chi connectivity index (χ3v) is 4.44. The Balaban J connectivity index is 1.70. The van der Waals surface area contributed by atoms with Gasteiger partial charge in [-0.15, -0.1) is 0 Å². The van der Waals surface area contributed by atoms with E-state index in [1.165, 1.54) is 6.20 Å². The average molecular weight is 373 g/mol. The first-order chi connectivity index (χ1) is 13.5. The third kappa shape index (κ3) is 4.82. The highest BCUT2D eigenvalue weighted by Gasteiger charge is 2.18. The van der Waals surface area contributed by atoms with Crippen LogP contribution in [-0.2, 0) is 13.1 Å². The van der Waals surface area contributed by atoms with E-state index in [1.54, 1.807) is 36.0 Å². The first-order valence-electron chi connectivity index (χ1n) is 9.09. The minimum Gasteiger partial charge on any atom is -0.337 e. The number of nitrogens with zero attached hydrogens (tertiary/aromatic N) is 3. The van der Waals surface area contributed by atoms with Crippen LogP contribution in [0, 0.1) is 0 Å². The van der Waals surface area contributed by atoms with E-state index in [0.717, 1.165) is 11.1 Å². The van der Waals surface area contributed by atoms with Crippen molar-refractivity contribution in [3.8, 4) is 0 Å². The topological polar surface area (TPSA) is 53.5 Å². The fourth-order valence-electron chi connectivity index (χ4n) is 2.95. The van der Waals surface area contributed by atoms with Crippen molar-refractivity contribution in [1.82, 2.24) is 14.8 Å². The predicted octanol–water partition coefficient (Wildman–Crippen LogP) is 3.63. The van der Waals surface area contributed by atoms with Gasteiger partial charge in [0.1, 0.15) is 5.69 Å². The summed E-state index contributed by atoms with van der Waals surface area (Å²) >= 11 is 0. The van der Waals surface area contributed by atoms with Gasteiger partial charge < -0.3 is 9.80 Å². The molecule has 0 bridgehead atoms. The molecule has 3 aromatic rings. The molecule has 0 saturated heterocycles. The van der Waals surface area contributed by atoms with Gasteiger partial charge in [0.2, 0.25) is 0 Å². The first-order valence-corrected chi connectivity index (χ1v) is 9.09. The molecule has 0 aliphatic carbocycles. The minimum atomic E-state index is -0.218. The third-order valence-electron chi connectivity index (χ3n) is 4.44. The number of benzene rings is 2. The van der Waals surface area contributed by atoms with Crippen LogP contribution in [-0.4, -0.2) is 40.7 Å². The smallest absolute Gasteiger partial charge is 0.272 e. The van der Waals surface area contributed by atoms with Crippen LogP contribution in [0.5, 0.6) is 0 Å². The molecule has 5 nitrogen and oxygen atoms in total. The number of hydrogen-bond donors (Lipinski definition) is 0. The lowest BCUT2D eigenvalue weighted by atomic mass is 10.1. The largest absolute Gasteiger partial charge is 0.337 e. The highest BCUT2D eigenvalue weighted by Crippen LogP contribution is 2.12. The van der Waals surface area contributed by atoms with Gasteiger partial charge in [0.05, 0.1) is 0 Å². The second-order valence-electron chi connectivity index (χ2n) is 6.72. The Bertz CT molecular complexity index is 868. The van der Waals surface area contributed by atoms with Gasteiger partial charge in [-0.1, -0.05) is 60.7 Å². The maximum absolute atomic E-state index is 12.8.